The molecule has 76 valence electrons. The molecule has 1 aromatic heterocycles. The van der Waals surface area contributed by atoms with Crippen LogP contribution in [0.2, 0.25) is 0 Å². The van der Waals surface area contributed by atoms with Gasteiger partial charge in [0, 0.05) is 0 Å². The first-order chi connectivity index (χ1) is 7.21. The van der Waals surface area contributed by atoms with E-state index in [2.05, 4.69) is 6.07 Å². The first-order valence-electron chi connectivity index (χ1n) is 4.59. The van der Waals surface area contributed by atoms with E-state index in [0.717, 1.165) is 5.56 Å². The SMILES string of the molecule is CCOC(=O)Cc1c[c]([Hg][Cl])s[c]1[Hg][Cl]. The average molecular weight is 640 g/mol. The fourth-order valence-electron chi connectivity index (χ4n) is 1.22. The number of halogens is 2. The summed E-state index contributed by atoms with van der Waals surface area (Å²) in [5.74, 6) is -0.159. The van der Waals surface area contributed by atoms with Gasteiger partial charge in [0.15, 0.2) is 0 Å². The third kappa shape index (κ3) is 4.78. The first kappa shape index (κ1) is 14.7. The summed E-state index contributed by atoms with van der Waals surface area (Å²) in [5, 5.41) is 0. The van der Waals surface area contributed by atoms with Gasteiger partial charge in [-0.25, -0.2) is 0 Å². The van der Waals surface area contributed by atoms with Crippen molar-refractivity contribution in [1.82, 2.24) is 0 Å². The maximum atomic E-state index is 11.3. The summed E-state index contributed by atoms with van der Waals surface area (Å²) in [5.41, 5.74) is 1.09. The molecule has 0 N–H and O–H groups in total. The number of carbonyl (C=O) groups is 1. The van der Waals surface area contributed by atoms with Crippen LogP contribution < -0.4 is 4.77 Å². The zero-order valence-corrected chi connectivity index (χ0v) is 21.7. The van der Waals surface area contributed by atoms with E-state index in [9.17, 15) is 4.79 Å². The van der Waals surface area contributed by atoms with Crippen molar-refractivity contribution in [1.29, 1.82) is 0 Å². The Kier molecular flexibility index (Phi) is 7.69. The third-order valence-electron chi connectivity index (χ3n) is 1.84. The fraction of sp³-hybridized carbons (Fsp3) is 0.375. The van der Waals surface area contributed by atoms with Gasteiger partial charge in [-0.2, -0.15) is 0 Å². The summed E-state index contributed by atoms with van der Waals surface area (Å²) >= 11 is -1.01. The Hall–Kier alpha value is 1.62. The molecule has 0 fully saturated rings. The van der Waals surface area contributed by atoms with E-state index >= 15 is 0 Å². The number of ether oxygens (including phenoxy) is 1. The fourth-order valence-corrected chi connectivity index (χ4v) is 24.7. The number of hydrogen-bond donors (Lipinski definition) is 0. The molecule has 0 atom stereocenters. The number of carbonyl (C=O) groups excluding carboxylic acids is 1. The van der Waals surface area contributed by atoms with E-state index in [-0.39, 0.29) is 5.97 Å². The van der Waals surface area contributed by atoms with Gasteiger partial charge < -0.3 is 0 Å². The van der Waals surface area contributed by atoms with E-state index in [0.29, 0.717) is 13.0 Å². The second-order valence-electron chi connectivity index (χ2n) is 2.91. The molecule has 0 bridgehead atoms. The van der Waals surface area contributed by atoms with Gasteiger partial charge in [0.2, 0.25) is 0 Å². The quantitative estimate of drug-likeness (QED) is 0.362. The molecular formula is C8H8Cl2Hg2O2S. The van der Waals surface area contributed by atoms with Crippen molar-refractivity contribution in [3.8, 4) is 0 Å². The number of rotatable bonds is 5. The zero-order valence-electron chi connectivity index (χ0n) is 8.39. The van der Waals surface area contributed by atoms with Gasteiger partial charge in [-0.15, -0.1) is 0 Å². The Morgan fingerprint density at radius 2 is 2.27 bits per heavy atom. The van der Waals surface area contributed by atoms with Crippen molar-refractivity contribution in [2.24, 2.45) is 0 Å². The molecule has 7 heteroatoms. The van der Waals surface area contributed by atoms with E-state index in [1.807, 2.05) is 6.92 Å². The molecule has 1 rings (SSSR count). The molecule has 0 aromatic carbocycles. The molecule has 2 nitrogen and oxygen atoms in total. The van der Waals surface area contributed by atoms with Crippen molar-refractivity contribution in [2.75, 3.05) is 6.61 Å². The van der Waals surface area contributed by atoms with Crippen LogP contribution in [0.5, 0.6) is 0 Å². The molecule has 0 aliphatic heterocycles. The summed E-state index contributed by atoms with van der Waals surface area (Å²) < 4.78 is 7.51. The summed E-state index contributed by atoms with van der Waals surface area (Å²) in [6.45, 7) is 2.25. The molecule has 1 aromatic rings. The van der Waals surface area contributed by atoms with Crippen LogP contribution in [0.15, 0.2) is 6.07 Å². The minimum absolute atomic E-state index is 0.159. The molecule has 0 saturated carbocycles. The van der Waals surface area contributed by atoms with Crippen molar-refractivity contribution >= 4 is 38.6 Å². The molecule has 0 saturated heterocycles. The maximum absolute atomic E-state index is 11.3. The van der Waals surface area contributed by atoms with Gasteiger partial charge in [-0.1, -0.05) is 0 Å². The second kappa shape index (κ2) is 7.85. The summed E-state index contributed by atoms with van der Waals surface area (Å²) in [7, 11) is 12.0. The van der Waals surface area contributed by atoms with E-state index < -0.39 is 46.7 Å². The normalized spacial score (nSPS) is 9.27. The van der Waals surface area contributed by atoms with Crippen LogP contribution >= 0.6 is 27.8 Å². The predicted octanol–water partition coefficient (Wildman–Crippen LogP) is 1.58. The number of esters is 1. The van der Waals surface area contributed by atoms with Crippen LogP contribution in [0, 0.1) is 0 Å². The summed E-state index contributed by atoms with van der Waals surface area (Å²) in [4.78, 5) is 11.3. The molecular weight excluding hydrogens is 632 g/mol. The van der Waals surface area contributed by atoms with Gasteiger partial charge in [0.1, 0.15) is 0 Å². The minimum atomic E-state index is -1.43. The summed E-state index contributed by atoms with van der Waals surface area (Å²) in [6, 6.07) is 2.08. The standard InChI is InChI=1S/C8H8O2S.2ClH.2Hg/c1-2-10-8(9)5-7-3-4-11-6-7;;;;/h3H,2,5H2,1H3;2*1H;;/q;;;2*+1/p-2. The van der Waals surface area contributed by atoms with Crippen molar-refractivity contribution in [3.05, 3.63) is 11.6 Å². The molecule has 1 heterocycles. The first-order valence-corrected chi connectivity index (χ1v) is 24.4. The van der Waals surface area contributed by atoms with Gasteiger partial charge in [0.05, 0.1) is 0 Å². The average Bonchev–Trinajstić information content (AvgIpc) is 2.60. The second-order valence-corrected chi connectivity index (χ2v) is 20.6. The molecule has 0 aliphatic rings. The Balaban J connectivity index is 2.74. The van der Waals surface area contributed by atoms with Crippen molar-refractivity contribution in [2.45, 2.75) is 13.3 Å². The Morgan fingerprint density at radius 1 is 1.53 bits per heavy atom. The van der Waals surface area contributed by atoms with Gasteiger partial charge in [0.25, 0.3) is 0 Å². The third-order valence-corrected chi connectivity index (χ3v) is 20.8. The molecule has 0 radical (unpaired) electrons. The van der Waals surface area contributed by atoms with E-state index in [4.69, 9.17) is 21.2 Å². The molecule has 15 heavy (non-hydrogen) atoms. The summed E-state index contributed by atoms with van der Waals surface area (Å²) in [6.07, 6.45) is 0.372. The predicted molar refractivity (Wildman–Crippen MR) is 55.6 cm³/mol. The van der Waals surface area contributed by atoms with E-state index in [1.165, 1.54) is 4.77 Å². The number of hydrogen-bond acceptors (Lipinski definition) is 3. The van der Waals surface area contributed by atoms with Crippen LogP contribution in [0.25, 0.3) is 0 Å². The van der Waals surface area contributed by atoms with Crippen LogP contribution in [0.4, 0.5) is 0 Å². The topological polar surface area (TPSA) is 26.3 Å². The van der Waals surface area contributed by atoms with Crippen LogP contribution in [-0.2, 0) is 62.6 Å². The Morgan fingerprint density at radius 3 is 2.80 bits per heavy atom. The van der Waals surface area contributed by atoms with Gasteiger partial charge in [-0.3, -0.25) is 0 Å². The zero-order chi connectivity index (χ0) is 11.3. The van der Waals surface area contributed by atoms with Crippen LogP contribution in [-0.4, -0.2) is 12.6 Å². The van der Waals surface area contributed by atoms with Crippen molar-refractivity contribution < 1.29 is 56.2 Å². The molecule has 0 amide bonds. The van der Waals surface area contributed by atoms with Gasteiger partial charge in [-0.05, 0) is 0 Å². The Bertz CT molecular complexity index is 343. The van der Waals surface area contributed by atoms with Crippen LogP contribution in [0.1, 0.15) is 12.5 Å². The molecule has 0 aliphatic carbocycles. The molecule has 0 spiro atoms. The van der Waals surface area contributed by atoms with Crippen molar-refractivity contribution in [3.63, 3.8) is 0 Å². The number of thiophene rings is 1. The Labute approximate surface area is 124 Å². The van der Waals surface area contributed by atoms with Gasteiger partial charge >= 0.3 is 126 Å². The van der Waals surface area contributed by atoms with E-state index in [1.54, 1.807) is 11.3 Å². The monoisotopic (exact) mass is 642 g/mol. The molecule has 0 unspecified atom stereocenters. The van der Waals surface area contributed by atoms with Crippen LogP contribution in [0.3, 0.4) is 0 Å².